The summed E-state index contributed by atoms with van der Waals surface area (Å²) in [7, 11) is 0. The Labute approximate surface area is 357 Å². The maximum absolute atomic E-state index is 12.7. The van der Waals surface area contributed by atoms with Crippen molar-refractivity contribution in [2.45, 2.75) is 80.9 Å². The number of halogens is 1. The highest BCUT2D eigenvalue weighted by Crippen LogP contribution is 2.23. The molecule has 0 saturated heterocycles. The molecular weight excluding hydrogens is 822 g/mol. The molecule has 61 heavy (non-hydrogen) atoms. The van der Waals surface area contributed by atoms with Crippen molar-refractivity contribution < 1.29 is 60.7 Å². The molecule has 0 aliphatic carbocycles. The number of nitrogens with two attached hydrogens (primary N) is 2. The van der Waals surface area contributed by atoms with Gasteiger partial charge in [-0.1, -0.05) is 60.1 Å². The quantitative estimate of drug-likeness (QED) is 0.0223. The van der Waals surface area contributed by atoms with Gasteiger partial charge in [0.2, 0.25) is 5.91 Å². The normalized spacial score (nSPS) is 15.5. The molecule has 22 heteroatoms. The third-order valence-corrected chi connectivity index (χ3v) is 9.98. The Hall–Kier alpha value is -4.62. The van der Waals surface area contributed by atoms with E-state index in [1.807, 2.05) is 42.5 Å². The lowest BCUT2D eigenvalue weighted by molar-refractivity contribution is -0.130. The van der Waals surface area contributed by atoms with Crippen LogP contribution < -0.4 is 27.4 Å². The van der Waals surface area contributed by atoms with Crippen molar-refractivity contribution in [1.29, 1.82) is 5.41 Å². The van der Waals surface area contributed by atoms with Crippen molar-refractivity contribution >= 4 is 41.0 Å². The number of nitrogens with zero attached hydrogens (tertiary/aromatic N) is 3. The number of unbranched alkanes of at least 4 members (excludes halogenated alkanes) is 1. The fourth-order valence-electron chi connectivity index (χ4n) is 6.09. The minimum absolute atomic E-state index is 0.0187. The highest BCUT2D eigenvalue weighted by molar-refractivity contribution is 6.31. The van der Waals surface area contributed by atoms with Crippen LogP contribution in [-0.2, 0) is 17.6 Å². The molecule has 2 aromatic carbocycles. The lowest BCUT2D eigenvalue weighted by atomic mass is 9.98. The van der Waals surface area contributed by atoms with E-state index in [2.05, 4.69) is 32.0 Å². The van der Waals surface area contributed by atoms with Crippen LogP contribution in [-0.4, -0.2) is 178 Å². The van der Waals surface area contributed by atoms with Crippen LogP contribution in [0, 0.1) is 5.41 Å². The molecule has 1 aromatic heterocycles. The Kier molecular flexibility index (Phi) is 21.1. The summed E-state index contributed by atoms with van der Waals surface area (Å²) < 4.78 is 0. The molecule has 3 aromatic rings. The SMILES string of the molecule is N=C(NCCCCc1cccc(-c2ccc(CCC(=O)NCCN(C[C@H](O)[C@@H](O)[C@H](O)[C@H](O)CO)C[C@H](O)[C@@H](O)[C@H](O)[C@H](O)CO)cc2)c1)NC(=O)c1nc(Cl)c(N)nc1N. The molecule has 2 amide bonds. The summed E-state index contributed by atoms with van der Waals surface area (Å²) in [6.07, 6.45) is -11.8. The van der Waals surface area contributed by atoms with E-state index in [0.29, 0.717) is 19.4 Å². The maximum atomic E-state index is 12.7. The summed E-state index contributed by atoms with van der Waals surface area (Å²) in [4.78, 5) is 34.0. The molecule has 0 unspecified atom stereocenters. The molecule has 0 aliphatic rings. The summed E-state index contributed by atoms with van der Waals surface area (Å²) in [6.45, 7) is -2.33. The van der Waals surface area contributed by atoms with Gasteiger partial charge in [-0.25, -0.2) is 9.97 Å². The van der Waals surface area contributed by atoms with E-state index in [1.165, 1.54) is 4.90 Å². The second-order valence-corrected chi connectivity index (χ2v) is 14.8. The van der Waals surface area contributed by atoms with Crippen LogP contribution in [0.1, 0.15) is 40.9 Å². The number of benzene rings is 2. The van der Waals surface area contributed by atoms with Gasteiger partial charge < -0.3 is 73.2 Å². The predicted octanol–water partition coefficient (Wildman–Crippen LogP) is -3.54. The zero-order valence-corrected chi connectivity index (χ0v) is 34.1. The van der Waals surface area contributed by atoms with E-state index in [-0.39, 0.29) is 53.9 Å². The minimum atomic E-state index is -1.92. The molecule has 0 saturated carbocycles. The molecular formula is C39H58ClN9O12. The summed E-state index contributed by atoms with van der Waals surface area (Å²) in [5.41, 5.74) is 15.0. The number of guanidine groups is 1. The van der Waals surface area contributed by atoms with Crippen LogP contribution in [0.2, 0.25) is 5.15 Å². The van der Waals surface area contributed by atoms with Crippen LogP contribution in [0.3, 0.4) is 0 Å². The van der Waals surface area contributed by atoms with E-state index in [1.54, 1.807) is 0 Å². The van der Waals surface area contributed by atoms with Crippen molar-refractivity contribution in [3.63, 3.8) is 0 Å². The van der Waals surface area contributed by atoms with Gasteiger partial charge in [0.05, 0.1) is 25.4 Å². The molecule has 21 nitrogen and oxygen atoms in total. The Morgan fingerprint density at radius 2 is 1.30 bits per heavy atom. The van der Waals surface area contributed by atoms with Gasteiger partial charge in [-0.15, -0.1) is 0 Å². The second-order valence-electron chi connectivity index (χ2n) is 14.5. The van der Waals surface area contributed by atoms with Crippen molar-refractivity contribution in [1.82, 2.24) is 30.8 Å². The number of amides is 2. The summed E-state index contributed by atoms with van der Waals surface area (Å²) in [5.74, 6) is -1.61. The Bertz CT molecular complexity index is 1820. The molecule has 338 valence electrons. The third kappa shape index (κ3) is 16.3. The lowest BCUT2D eigenvalue weighted by Crippen LogP contribution is -2.54. The number of carbonyl (C=O) groups excluding carboxylic acids is 2. The van der Waals surface area contributed by atoms with Crippen LogP contribution in [0.5, 0.6) is 0 Å². The number of nitrogens with one attached hydrogen (secondary N) is 4. The molecule has 18 N–H and O–H groups in total. The summed E-state index contributed by atoms with van der Waals surface area (Å²) in [5, 5.41) is 115. The van der Waals surface area contributed by atoms with Crippen molar-refractivity contribution in [2.75, 3.05) is 57.4 Å². The molecule has 1 heterocycles. The summed E-state index contributed by atoms with van der Waals surface area (Å²) >= 11 is 5.82. The van der Waals surface area contributed by atoms with Gasteiger partial charge in [-0.05, 0) is 47.9 Å². The predicted molar refractivity (Wildman–Crippen MR) is 224 cm³/mol. The fourth-order valence-corrected chi connectivity index (χ4v) is 6.22. The van der Waals surface area contributed by atoms with Gasteiger partial charge in [0.1, 0.15) is 36.6 Å². The summed E-state index contributed by atoms with van der Waals surface area (Å²) in [6, 6.07) is 15.8. The number of carbonyl (C=O) groups is 2. The van der Waals surface area contributed by atoms with Gasteiger partial charge in [0.25, 0.3) is 5.91 Å². The lowest BCUT2D eigenvalue weighted by Gasteiger charge is -2.33. The largest absolute Gasteiger partial charge is 0.394 e. The first kappa shape index (κ1) is 50.7. The van der Waals surface area contributed by atoms with Crippen LogP contribution in [0.4, 0.5) is 11.6 Å². The van der Waals surface area contributed by atoms with Crippen molar-refractivity contribution in [2.24, 2.45) is 0 Å². The number of hydrogen-bond acceptors (Lipinski definition) is 18. The first-order chi connectivity index (χ1) is 28.9. The number of aliphatic hydroxyl groups is 10. The van der Waals surface area contributed by atoms with Gasteiger partial charge in [0.15, 0.2) is 28.4 Å². The molecule has 0 aliphatic heterocycles. The Balaban J connectivity index is 1.45. The first-order valence-corrected chi connectivity index (χ1v) is 19.9. The number of nitrogen functional groups attached to an aromatic ring is 2. The zero-order valence-electron chi connectivity index (χ0n) is 33.4. The first-order valence-electron chi connectivity index (χ1n) is 19.5. The van der Waals surface area contributed by atoms with Crippen LogP contribution in [0.15, 0.2) is 48.5 Å². The number of aryl methyl sites for hydroxylation is 2. The Morgan fingerprint density at radius 3 is 1.89 bits per heavy atom. The van der Waals surface area contributed by atoms with E-state index in [4.69, 9.17) is 38.7 Å². The van der Waals surface area contributed by atoms with E-state index in [9.17, 15) is 50.4 Å². The average molecular weight is 880 g/mol. The van der Waals surface area contributed by atoms with Gasteiger partial charge in [-0.2, -0.15) is 0 Å². The zero-order chi connectivity index (χ0) is 45.2. The number of anilines is 2. The van der Waals surface area contributed by atoms with Gasteiger partial charge >= 0.3 is 0 Å². The maximum Gasteiger partial charge on any atom is 0.280 e. The van der Waals surface area contributed by atoms with Crippen molar-refractivity contribution in [3.8, 4) is 11.1 Å². The van der Waals surface area contributed by atoms with Crippen LogP contribution in [0.25, 0.3) is 11.1 Å². The fraction of sp³-hybridized carbons (Fsp3) is 0.513. The third-order valence-electron chi connectivity index (χ3n) is 9.70. The molecule has 0 bridgehead atoms. The van der Waals surface area contributed by atoms with Crippen molar-refractivity contribution in [3.05, 3.63) is 70.5 Å². The molecule has 3 rings (SSSR count). The molecule has 0 spiro atoms. The minimum Gasteiger partial charge on any atom is -0.394 e. The number of rotatable bonds is 25. The topological polar surface area (TPSA) is 377 Å². The van der Waals surface area contributed by atoms with E-state index < -0.39 is 81.0 Å². The molecule has 0 radical (unpaired) electrons. The monoisotopic (exact) mass is 879 g/mol. The number of aliphatic hydroxyl groups excluding tert-OH is 10. The molecule has 0 fully saturated rings. The van der Waals surface area contributed by atoms with E-state index >= 15 is 0 Å². The average Bonchev–Trinajstić information content (AvgIpc) is 3.25. The van der Waals surface area contributed by atoms with E-state index in [0.717, 1.165) is 35.1 Å². The highest BCUT2D eigenvalue weighted by atomic mass is 35.5. The standard InChI is InChI=1S/C39H58ClN9O12/c40-35-37(42)47-36(41)30(46-35)38(61)48-39(43)45-13-2-1-4-22-5-3-6-24(16-22)23-10-7-21(8-11-23)9-12-29(56)44-14-15-49(17-25(52)31(57)33(59)27(54)19-50)18-26(53)32(58)34(60)28(55)20-51/h3,5-8,10-11,16,25-28,31-34,50-55,57-60H,1-2,4,9,12-15,17-20H2,(H,44,56)(H4,41,42,47)(H3,43,45,48,61)/t25-,26-,27+,28+,31+,32+,33+,34+/m0/s1. The highest BCUT2D eigenvalue weighted by Gasteiger charge is 2.34. The van der Waals surface area contributed by atoms with Gasteiger partial charge in [-0.3, -0.25) is 25.2 Å². The number of hydrogen-bond donors (Lipinski definition) is 16. The number of aromatic nitrogens is 2. The van der Waals surface area contributed by atoms with Crippen LogP contribution >= 0.6 is 11.6 Å². The van der Waals surface area contributed by atoms with Gasteiger partial charge in [0, 0.05) is 39.1 Å². The Morgan fingerprint density at radius 1 is 0.705 bits per heavy atom. The second kappa shape index (κ2) is 25.3. The smallest absolute Gasteiger partial charge is 0.280 e. The molecule has 8 atom stereocenters.